The molecular weight excluding hydrogens is 298 g/mol. The van der Waals surface area contributed by atoms with E-state index in [2.05, 4.69) is 43.3 Å². The first-order chi connectivity index (χ1) is 8.20. The van der Waals surface area contributed by atoms with Gasteiger partial charge in [-0.25, -0.2) is 9.97 Å². The number of hydrogen-bond donors (Lipinski definition) is 1. The van der Waals surface area contributed by atoms with E-state index in [1.54, 1.807) is 18.1 Å². The maximum atomic E-state index is 4.30. The molecule has 88 valence electrons. The monoisotopic (exact) mass is 309 g/mol. The largest absolute Gasteiger partial charge is 0.373 e. The summed E-state index contributed by atoms with van der Waals surface area (Å²) in [5.41, 5.74) is 1.07. The summed E-state index contributed by atoms with van der Waals surface area (Å²) in [5, 5.41) is 4.04. The van der Waals surface area contributed by atoms with Crippen molar-refractivity contribution in [2.75, 3.05) is 12.4 Å². The molecule has 1 heterocycles. The Morgan fingerprint density at radius 2 is 1.88 bits per heavy atom. The molecule has 0 spiro atoms. The lowest BCUT2D eigenvalue weighted by Crippen LogP contribution is -1.98. The second-order valence-corrected chi connectivity index (χ2v) is 5.44. The number of anilines is 1. The van der Waals surface area contributed by atoms with E-state index in [9.17, 15) is 0 Å². The minimum Gasteiger partial charge on any atom is -0.373 e. The highest BCUT2D eigenvalue weighted by Gasteiger charge is 2.07. The lowest BCUT2D eigenvalue weighted by molar-refractivity contribution is 1.00. The Balaban J connectivity index is 2.27. The van der Waals surface area contributed by atoms with Crippen LogP contribution in [0.1, 0.15) is 5.56 Å². The average molecular weight is 310 g/mol. The standard InChI is InChI=1S/C12H12BrN3S/c1-8-11(14-2)15-7-16-12(8)17-10-5-3-9(13)4-6-10/h3-7H,1-2H3,(H,14,15,16). The van der Waals surface area contributed by atoms with Crippen molar-refractivity contribution in [1.82, 2.24) is 9.97 Å². The van der Waals surface area contributed by atoms with Gasteiger partial charge in [-0.2, -0.15) is 0 Å². The van der Waals surface area contributed by atoms with Gasteiger partial charge in [-0.05, 0) is 31.2 Å². The number of aromatic nitrogens is 2. The molecule has 3 nitrogen and oxygen atoms in total. The topological polar surface area (TPSA) is 37.8 Å². The van der Waals surface area contributed by atoms with Crippen molar-refractivity contribution in [3.8, 4) is 0 Å². The molecule has 0 aliphatic rings. The minimum absolute atomic E-state index is 0.875. The molecular formula is C12H12BrN3S. The van der Waals surface area contributed by atoms with Gasteiger partial charge in [0.15, 0.2) is 0 Å². The van der Waals surface area contributed by atoms with Gasteiger partial charge in [-0.1, -0.05) is 27.7 Å². The third-order valence-electron chi connectivity index (χ3n) is 2.30. The molecule has 0 fully saturated rings. The molecule has 0 unspecified atom stereocenters. The van der Waals surface area contributed by atoms with Crippen molar-refractivity contribution in [2.24, 2.45) is 0 Å². The summed E-state index contributed by atoms with van der Waals surface area (Å²) in [7, 11) is 1.86. The van der Waals surface area contributed by atoms with Crippen LogP contribution in [0.15, 0.2) is 45.0 Å². The van der Waals surface area contributed by atoms with Gasteiger partial charge in [0.25, 0.3) is 0 Å². The summed E-state index contributed by atoms with van der Waals surface area (Å²) in [6, 6.07) is 8.18. The molecule has 2 rings (SSSR count). The van der Waals surface area contributed by atoms with E-state index in [0.29, 0.717) is 0 Å². The highest BCUT2D eigenvalue weighted by Crippen LogP contribution is 2.31. The van der Waals surface area contributed by atoms with E-state index in [1.807, 2.05) is 26.1 Å². The number of nitrogens with one attached hydrogen (secondary N) is 1. The van der Waals surface area contributed by atoms with E-state index < -0.39 is 0 Å². The zero-order chi connectivity index (χ0) is 12.3. The van der Waals surface area contributed by atoms with Gasteiger partial charge in [-0.3, -0.25) is 0 Å². The smallest absolute Gasteiger partial charge is 0.133 e. The molecule has 0 saturated carbocycles. The molecule has 1 N–H and O–H groups in total. The number of halogens is 1. The first-order valence-corrected chi connectivity index (χ1v) is 6.74. The van der Waals surface area contributed by atoms with Gasteiger partial charge in [0.2, 0.25) is 0 Å². The Kier molecular flexibility index (Phi) is 4.02. The minimum atomic E-state index is 0.875. The molecule has 0 radical (unpaired) electrons. The fraction of sp³-hybridized carbons (Fsp3) is 0.167. The van der Waals surface area contributed by atoms with Crippen molar-refractivity contribution in [3.05, 3.63) is 40.6 Å². The molecule has 2 aromatic rings. The van der Waals surface area contributed by atoms with Crippen LogP contribution in [0.2, 0.25) is 0 Å². The van der Waals surface area contributed by atoms with Crippen LogP contribution in [0.5, 0.6) is 0 Å². The molecule has 5 heteroatoms. The second kappa shape index (κ2) is 5.51. The van der Waals surface area contributed by atoms with Gasteiger partial charge in [0, 0.05) is 22.0 Å². The molecule has 0 saturated heterocycles. The summed E-state index contributed by atoms with van der Waals surface area (Å²) in [5.74, 6) is 0.875. The van der Waals surface area contributed by atoms with Gasteiger partial charge in [-0.15, -0.1) is 0 Å². The zero-order valence-electron chi connectivity index (χ0n) is 9.57. The fourth-order valence-electron chi connectivity index (χ4n) is 1.40. The van der Waals surface area contributed by atoms with Crippen molar-refractivity contribution in [2.45, 2.75) is 16.8 Å². The predicted molar refractivity (Wildman–Crippen MR) is 74.6 cm³/mol. The Hall–Kier alpha value is -1.07. The molecule has 0 atom stereocenters. The Morgan fingerprint density at radius 3 is 2.53 bits per heavy atom. The first kappa shape index (κ1) is 12.4. The van der Waals surface area contributed by atoms with Crippen LogP contribution in [0.25, 0.3) is 0 Å². The molecule has 0 amide bonds. The van der Waals surface area contributed by atoms with Crippen LogP contribution in [0.4, 0.5) is 5.82 Å². The van der Waals surface area contributed by atoms with Crippen LogP contribution >= 0.6 is 27.7 Å². The highest BCUT2D eigenvalue weighted by molar-refractivity contribution is 9.10. The molecule has 0 aliphatic carbocycles. The van der Waals surface area contributed by atoms with Crippen molar-refractivity contribution in [1.29, 1.82) is 0 Å². The first-order valence-electron chi connectivity index (χ1n) is 5.13. The normalized spacial score (nSPS) is 10.3. The van der Waals surface area contributed by atoms with E-state index >= 15 is 0 Å². The number of benzene rings is 1. The van der Waals surface area contributed by atoms with E-state index in [1.165, 1.54) is 0 Å². The van der Waals surface area contributed by atoms with Gasteiger partial charge in [0.05, 0.1) is 0 Å². The summed E-state index contributed by atoms with van der Waals surface area (Å²) in [6.45, 7) is 2.02. The average Bonchev–Trinajstić information content (AvgIpc) is 2.35. The summed E-state index contributed by atoms with van der Waals surface area (Å²) in [6.07, 6.45) is 1.58. The number of rotatable bonds is 3. The van der Waals surface area contributed by atoms with Gasteiger partial charge < -0.3 is 5.32 Å². The van der Waals surface area contributed by atoms with E-state index in [4.69, 9.17) is 0 Å². The van der Waals surface area contributed by atoms with Crippen LogP contribution in [-0.4, -0.2) is 17.0 Å². The number of nitrogens with zero attached hydrogens (tertiary/aromatic N) is 2. The summed E-state index contributed by atoms with van der Waals surface area (Å²) in [4.78, 5) is 9.64. The van der Waals surface area contributed by atoms with Crippen LogP contribution in [-0.2, 0) is 0 Å². The van der Waals surface area contributed by atoms with Crippen molar-refractivity contribution < 1.29 is 0 Å². The lowest BCUT2D eigenvalue weighted by atomic mass is 10.3. The summed E-state index contributed by atoms with van der Waals surface area (Å²) < 4.78 is 1.08. The van der Waals surface area contributed by atoms with Crippen LogP contribution < -0.4 is 5.32 Å². The van der Waals surface area contributed by atoms with Crippen molar-refractivity contribution >= 4 is 33.5 Å². The van der Waals surface area contributed by atoms with Crippen LogP contribution in [0.3, 0.4) is 0 Å². The van der Waals surface area contributed by atoms with Crippen LogP contribution in [0, 0.1) is 6.92 Å². The Labute approximate surface area is 113 Å². The molecule has 0 aliphatic heterocycles. The third kappa shape index (κ3) is 2.98. The molecule has 1 aromatic carbocycles. The van der Waals surface area contributed by atoms with Gasteiger partial charge >= 0.3 is 0 Å². The zero-order valence-corrected chi connectivity index (χ0v) is 12.0. The second-order valence-electron chi connectivity index (χ2n) is 3.46. The summed E-state index contributed by atoms with van der Waals surface area (Å²) >= 11 is 5.06. The molecule has 17 heavy (non-hydrogen) atoms. The lowest BCUT2D eigenvalue weighted by Gasteiger charge is -2.08. The van der Waals surface area contributed by atoms with E-state index in [0.717, 1.165) is 25.8 Å². The Bertz CT molecular complexity index is 514. The quantitative estimate of drug-likeness (QED) is 0.877. The predicted octanol–water partition coefficient (Wildman–Crippen LogP) is 3.74. The van der Waals surface area contributed by atoms with Crippen molar-refractivity contribution in [3.63, 3.8) is 0 Å². The SMILES string of the molecule is CNc1ncnc(Sc2ccc(Br)cc2)c1C. The Morgan fingerprint density at radius 1 is 1.18 bits per heavy atom. The van der Waals surface area contributed by atoms with E-state index in [-0.39, 0.29) is 0 Å². The van der Waals surface area contributed by atoms with Gasteiger partial charge in [0.1, 0.15) is 17.2 Å². The molecule has 0 bridgehead atoms. The highest BCUT2D eigenvalue weighted by atomic mass is 79.9. The maximum Gasteiger partial charge on any atom is 0.133 e. The fourth-order valence-corrected chi connectivity index (χ4v) is 2.51. The molecule has 1 aromatic heterocycles. The third-order valence-corrected chi connectivity index (χ3v) is 3.94. The maximum absolute atomic E-state index is 4.30. The number of hydrogen-bond acceptors (Lipinski definition) is 4.